The van der Waals surface area contributed by atoms with Crippen molar-refractivity contribution in [3.05, 3.63) is 61.1 Å². The number of methoxy groups -OCH3 is 1. The van der Waals surface area contributed by atoms with Crippen LogP contribution in [-0.2, 0) is 4.79 Å². The van der Waals surface area contributed by atoms with Crippen molar-refractivity contribution in [1.82, 2.24) is 19.9 Å². The zero-order valence-electron chi connectivity index (χ0n) is 16.9. The molecule has 2 aromatic carbocycles. The van der Waals surface area contributed by atoms with Gasteiger partial charge in [-0.05, 0) is 48.7 Å². The van der Waals surface area contributed by atoms with E-state index in [1.165, 1.54) is 18.1 Å². The molecule has 0 unspecified atom stereocenters. The van der Waals surface area contributed by atoms with Crippen molar-refractivity contribution in [3.8, 4) is 17.1 Å². The Hall–Kier alpha value is -3.17. The van der Waals surface area contributed by atoms with Crippen molar-refractivity contribution in [1.29, 1.82) is 0 Å². The van der Waals surface area contributed by atoms with Gasteiger partial charge in [0.15, 0.2) is 11.5 Å². The fraction of sp³-hybridized carbons (Fsp3) is 0.136. The molecule has 0 fully saturated rings. The lowest BCUT2D eigenvalue weighted by molar-refractivity contribution is -0.113. The molecule has 7 nitrogen and oxygen atoms in total. The van der Waals surface area contributed by atoms with Crippen molar-refractivity contribution in [2.24, 2.45) is 0 Å². The predicted octanol–water partition coefficient (Wildman–Crippen LogP) is 4.55. The Morgan fingerprint density at radius 2 is 1.94 bits per heavy atom. The van der Waals surface area contributed by atoms with Crippen LogP contribution in [0.4, 0.5) is 5.69 Å². The first-order chi connectivity index (χ1) is 15.2. The lowest BCUT2D eigenvalue weighted by atomic mass is 10.2. The van der Waals surface area contributed by atoms with E-state index in [1.54, 1.807) is 25.1 Å². The normalized spacial score (nSPS) is 10.8. The molecular formula is C22H19N5O2S2. The molecule has 156 valence electrons. The van der Waals surface area contributed by atoms with Crippen LogP contribution < -0.4 is 10.1 Å². The Kier molecular flexibility index (Phi) is 6.63. The molecule has 2 aromatic heterocycles. The third kappa shape index (κ3) is 5.12. The highest BCUT2D eigenvalue weighted by Gasteiger charge is 2.11. The van der Waals surface area contributed by atoms with Gasteiger partial charge in [-0.15, -0.1) is 11.8 Å². The first-order valence-corrected chi connectivity index (χ1v) is 11.6. The molecule has 2 heterocycles. The fourth-order valence-corrected chi connectivity index (χ4v) is 4.07. The number of carbonyl (C=O) groups excluding carboxylic acids is 1. The van der Waals surface area contributed by atoms with Gasteiger partial charge >= 0.3 is 0 Å². The average Bonchev–Trinajstić information content (AvgIpc) is 2.82. The quantitative estimate of drug-likeness (QED) is 0.325. The summed E-state index contributed by atoms with van der Waals surface area (Å²) in [5, 5.41) is 4.29. The summed E-state index contributed by atoms with van der Waals surface area (Å²) in [6.45, 7) is 0. The Bertz CT molecular complexity index is 1220. The van der Waals surface area contributed by atoms with Crippen LogP contribution in [0.25, 0.3) is 22.4 Å². The fourth-order valence-electron chi connectivity index (χ4n) is 2.85. The van der Waals surface area contributed by atoms with Gasteiger partial charge in [0.25, 0.3) is 0 Å². The number of carbonyl (C=O) groups is 1. The van der Waals surface area contributed by atoms with Gasteiger partial charge in [-0.3, -0.25) is 4.79 Å². The number of hydrogen-bond acceptors (Lipinski definition) is 8. The molecule has 0 spiro atoms. The SMILES string of the molecule is COc1ccc(-c2ncc3c(SCC(=O)Nc4cccc(SC)c4)ncnc3n2)cc1. The molecule has 1 N–H and O–H groups in total. The number of fused-ring (bicyclic) bond motifs is 1. The van der Waals surface area contributed by atoms with Crippen LogP contribution in [0, 0.1) is 0 Å². The molecule has 0 saturated heterocycles. The van der Waals surface area contributed by atoms with Gasteiger partial charge in [0, 0.05) is 22.3 Å². The molecule has 0 aliphatic rings. The Morgan fingerprint density at radius 1 is 1.10 bits per heavy atom. The minimum absolute atomic E-state index is 0.106. The Balaban J connectivity index is 1.48. The molecule has 4 aromatic rings. The predicted molar refractivity (Wildman–Crippen MR) is 125 cm³/mol. The van der Waals surface area contributed by atoms with Crippen LogP contribution in [0.1, 0.15) is 0 Å². The minimum atomic E-state index is -0.106. The topological polar surface area (TPSA) is 89.9 Å². The summed E-state index contributed by atoms with van der Waals surface area (Å²) in [4.78, 5) is 31.1. The van der Waals surface area contributed by atoms with E-state index in [0.717, 1.165) is 21.9 Å². The summed E-state index contributed by atoms with van der Waals surface area (Å²) in [6, 6.07) is 15.3. The lowest BCUT2D eigenvalue weighted by Crippen LogP contribution is -2.14. The summed E-state index contributed by atoms with van der Waals surface area (Å²) in [5.41, 5.74) is 2.17. The van der Waals surface area contributed by atoms with Gasteiger partial charge in [-0.1, -0.05) is 17.8 Å². The number of amides is 1. The average molecular weight is 450 g/mol. The van der Waals surface area contributed by atoms with Crippen LogP contribution in [0.15, 0.2) is 71.0 Å². The molecule has 0 saturated carbocycles. The number of hydrogen-bond donors (Lipinski definition) is 1. The van der Waals surface area contributed by atoms with Gasteiger partial charge in [-0.2, -0.15) is 0 Å². The van der Waals surface area contributed by atoms with Crippen molar-refractivity contribution < 1.29 is 9.53 Å². The second-order valence-electron chi connectivity index (χ2n) is 6.41. The number of aromatic nitrogens is 4. The summed E-state index contributed by atoms with van der Waals surface area (Å²) in [6.07, 6.45) is 5.15. The molecule has 31 heavy (non-hydrogen) atoms. The molecule has 0 aliphatic heterocycles. The summed E-state index contributed by atoms with van der Waals surface area (Å²) >= 11 is 2.96. The first-order valence-electron chi connectivity index (χ1n) is 9.35. The standard InChI is InChI=1S/C22H19N5O2S2/c1-29-16-8-6-14(7-9-16)20-23-11-18-21(27-20)24-13-25-22(18)31-12-19(28)26-15-4-3-5-17(10-15)30-2/h3-11,13H,12H2,1-2H3,(H,26,28). The second-order valence-corrected chi connectivity index (χ2v) is 8.25. The number of ether oxygens (including phenoxy) is 1. The molecule has 9 heteroatoms. The number of anilines is 1. The van der Waals surface area contributed by atoms with Crippen LogP contribution >= 0.6 is 23.5 Å². The van der Waals surface area contributed by atoms with Gasteiger partial charge in [-0.25, -0.2) is 19.9 Å². The second kappa shape index (κ2) is 9.76. The van der Waals surface area contributed by atoms with Gasteiger partial charge in [0.05, 0.1) is 18.2 Å². The maximum Gasteiger partial charge on any atom is 0.234 e. The van der Waals surface area contributed by atoms with Crippen molar-refractivity contribution in [2.45, 2.75) is 9.92 Å². The van der Waals surface area contributed by atoms with Gasteiger partial charge < -0.3 is 10.1 Å². The maximum atomic E-state index is 12.4. The number of thioether (sulfide) groups is 2. The number of rotatable bonds is 7. The van der Waals surface area contributed by atoms with E-state index in [0.29, 0.717) is 21.9 Å². The minimum Gasteiger partial charge on any atom is -0.497 e. The smallest absolute Gasteiger partial charge is 0.234 e. The highest BCUT2D eigenvalue weighted by Crippen LogP contribution is 2.26. The van der Waals surface area contributed by atoms with E-state index in [-0.39, 0.29) is 11.7 Å². The highest BCUT2D eigenvalue weighted by atomic mass is 32.2. The molecule has 0 atom stereocenters. The summed E-state index contributed by atoms with van der Waals surface area (Å²) in [5.74, 6) is 1.45. The van der Waals surface area contributed by atoms with E-state index >= 15 is 0 Å². The summed E-state index contributed by atoms with van der Waals surface area (Å²) < 4.78 is 5.19. The molecule has 1 amide bonds. The van der Waals surface area contributed by atoms with Crippen LogP contribution in [0.5, 0.6) is 5.75 Å². The van der Waals surface area contributed by atoms with Crippen molar-refractivity contribution >= 4 is 46.2 Å². The maximum absolute atomic E-state index is 12.4. The molecule has 0 radical (unpaired) electrons. The van der Waals surface area contributed by atoms with E-state index in [4.69, 9.17) is 4.74 Å². The third-order valence-corrected chi connectivity index (χ3v) is 6.13. The highest BCUT2D eigenvalue weighted by molar-refractivity contribution is 8.00. The van der Waals surface area contributed by atoms with E-state index < -0.39 is 0 Å². The number of nitrogens with one attached hydrogen (secondary N) is 1. The first kappa shape index (κ1) is 21.1. The lowest BCUT2D eigenvalue weighted by Gasteiger charge is -2.08. The molecule has 0 aliphatic carbocycles. The Morgan fingerprint density at radius 3 is 2.71 bits per heavy atom. The molecule has 0 bridgehead atoms. The van der Waals surface area contributed by atoms with E-state index in [2.05, 4.69) is 25.3 Å². The number of nitrogens with zero attached hydrogens (tertiary/aromatic N) is 4. The largest absolute Gasteiger partial charge is 0.497 e. The van der Waals surface area contributed by atoms with Crippen molar-refractivity contribution in [3.63, 3.8) is 0 Å². The molecular weight excluding hydrogens is 430 g/mol. The van der Waals surface area contributed by atoms with Gasteiger partial charge in [0.1, 0.15) is 17.1 Å². The zero-order chi connectivity index (χ0) is 21.6. The van der Waals surface area contributed by atoms with Gasteiger partial charge in [0.2, 0.25) is 5.91 Å². The zero-order valence-corrected chi connectivity index (χ0v) is 18.5. The van der Waals surface area contributed by atoms with Crippen molar-refractivity contribution in [2.75, 3.05) is 24.4 Å². The van der Waals surface area contributed by atoms with Crippen LogP contribution in [0.3, 0.4) is 0 Å². The van der Waals surface area contributed by atoms with Crippen LogP contribution in [0.2, 0.25) is 0 Å². The van der Waals surface area contributed by atoms with E-state index in [9.17, 15) is 4.79 Å². The Labute approximate surface area is 188 Å². The summed E-state index contributed by atoms with van der Waals surface area (Å²) in [7, 11) is 1.62. The monoisotopic (exact) mass is 449 g/mol. The third-order valence-electron chi connectivity index (χ3n) is 4.40. The molecule has 4 rings (SSSR count). The van der Waals surface area contributed by atoms with Crippen LogP contribution in [-0.4, -0.2) is 45.0 Å². The van der Waals surface area contributed by atoms with E-state index in [1.807, 2.05) is 54.8 Å². The number of benzene rings is 2.